The van der Waals surface area contributed by atoms with Crippen molar-refractivity contribution in [3.8, 4) is 5.75 Å². The highest BCUT2D eigenvalue weighted by Crippen LogP contribution is 2.29. The topological polar surface area (TPSA) is 76.8 Å². The van der Waals surface area contributed by atoms with Crippen LogP contribution in [0.4, 0.5) is 0 Å². The maximum Gasteiger partial charge on any atom is 0.290 e. The monoisotopic (exact) mass is 413 g/mol. The molecule has 2 aromatic carbocycles. The van der Waals surface area contributed by atoms with Crippen molar-refractivity contribution in [1.82, 2.24) is 4.90 Å². The second kappa shape index (κ2) is 7.55. The summed E-state index contributed by atoms with van der Waals surface area (Å²) >= 11 is 0. The highest BCUT2D eigenvalue weighted by atomic mass is 32.2. The molecule has 7 heteroatoms. The van der Waals surface area contributed by atoms with Gasteiger partial charge in [-0.3, -0.25) is 4.79 Å². The van der Waals surface area contributed by atoms with Gasteiger partial charge in [-0.1, -0.05) is 30.3 Å². The van der Waals surface area contributed by atoms with Gasteiger partial charge in [-0.05, 0) is 37.1 Å². The number of hydrogen-bond acceptors (Lipinski definition) is 5. The van der Waals surface area contributed by atoms with Gasteiger partial charge < -0.3 is 14.1 Å². The Morgan fingerprint density at radius 3 is 2.69 bits per heavy atom. The maximum absolute atomic E-state index is 13.5. The van der Waals surface area contributed by atoms with Crippen LogP contribution in [0.2, 0.25) is 0 Å². The number of nitrogens with zero attached hydrogens (tertiary/aromatic N) is 1. The lowest BCUT2D eigenvalue weighted by molar-refractivity contribution is 0.0649. The third-order valence-electron chi connectivity index (χ3n) is 5.44. The number of hydrogen-bond donors (Lipinski definition) is 0. The summed E-state index contributed by atoms with van der Waals surface area (Å²) in [4.78, 5) is 15.1. The quantitative estimate of drug-likeness (QED) is 0.639. The Kier molecular flexibility index (Phi) is 5.08. The molecule has 2 heterocycles. The van der Waals surface area contributed by atoms with Crippen molar-refractivity contribution in [2.45, 2.75) is 25.9 Å². The maximum atomic E-state index is 13.5. The van der Waals surface area contributed by atoms with Crippen LogP contribution < -0.4 is 4.74 Å². The molecule has 1 aliphatic heterocycles. The summed E-state index contributed by atoms with van der Waals surface area (Å²) in [6, 6.07) is 14.6. The van der Waals surface area contributed by atoms with Gasteiger partial charge in [0, 0.05) is 23.5 Å². The number of para-hydroxylation sites is 1. The summed E-state index contributed by atoms with van der Waals surface area (Å²) in [6.45, 7) is 2.14. The van der Waals surface area contributed by atoms with Gasteiger partial charge in [0.2, 0.25) is 0 Å². The number of rotatable bonds is 5. The van der Waals surface area contributed by atoms with E-state index in [1.165, 1.54) is 0 Å². The molecule has 0 radical (unpaired) electrons. The number of aryl methyl sites for hydroxylation is 1. The van der Waals surface area contributed by atoms with Crippen LogP contribution >= 0.6 is 0 Å². The number of sulfone groups is 1. The van der Waals surface area contributed by atoms with Crippen LogP contribution in [-0.2, 0) is 16.4 Å². The number of furan rings is 1. The van der Waals surface area contributed by atoms with Gasteiger partial charge in [-0.2, -0.15) is 0 Å². The molecular weight excluding hydrogens is 390 g/mol. The zero-order chi connectivity index (χ0) is 20.6. The van der Waals surface area contributed by atoms with Crippen LogP contribution in [0, 0.1) is 6.92 Å². The molecule has 3 aromatic rings. The fourth-order valence-corrected chi connectivity index (χ4v) is 5.59. The first-order chi connectivity index (χ1) is 13.9. The molecular formula is C22H23NO5S. The highest BCUT2D eigenvalue weighted by Gasteiger charge is 2.36. The van der Waals surface area contributed by atoms with E-state index in [2.05, 4.69) is 0 Å². The lowest BCUT2D eigenvalue weighted by atomic mass is 10.1. The molecule has 0 bridgehead atoms. The number of fused-ring (bicyclic) bond motifs is 1. The van der Waals surface area contributed by atoms with E-state index in [-0.39, 0.29) is 35.8 Å². The molecule has 1 fully saturated rings. The van der Waals surface area contributed by atoms with Gasteiger partial charge in [0.25, 0.3) is 5.91 Å². The Hall–Kier alpha value is -2.80. The summed E-state index contributed by atoms with van der Waals surface area (Å²) in [5.74, 6) is 0.733. The van der Waals surface area contributed by atoms with E-state index in [0.29, 0.717) is 17.8 Å². The molecule has 0 N–H and O–H groups in total. The first kappa shape index (κ1) is 19.5. The van der Waals surface area contributed by atoms with Gasteiger partial charge >= 0.3 is 0 Å². The second-order valence-electron chi connectivity index (χ2n) is 7.39. The Morgan fingerprint density at radius 1 is 1.21 bits per heavy atom. The molecule has 4 rings (SSSR count). The van der Waals surface area contributed by atoms with Gasteiger partial charge in [0.15, 0.2) is 15.6 Å². The molecule has 1 amide bonds. The fraction of sp³-hybridized carbons (Fsp3) is 0.318. The van der Waals surface area contributed by atoms with Crippen molar-refractivity contribution in [3.05, 3.63) is 65.4 Å². The number of methoxy groups -OCH3 is 1. The third kappa shape index (κ3) is 3.87. The van der Waals surface area contributed by atoms with E-state index in [4.69, 9.17) is 9.15 Å². The second-order valence-corrected chi connectivity index (χ2v) is 9.62. The normalized spacial score (nSPS) is 18.1. The molecule has 1 saturated heterocycles. The minimum Gasteiger partial charge on any atom is -0.497 e. The fourth-order valence-electron chi connectivity index (χ4n) is 3.86. The van der Waals surface area contributed by atoms with E-state index < -0.39 is 9.84 Å². The first-order valence-corrected chi connectivity index (χ1v) is 11.3. The Morgan fingerprint density at radius 2 is 2.00 bits per heavy atom. The lowest BCUT2D eigenvalue weighted by Gasteiger charge is -2.28. The highest BCUT2D eigenvalue weighted by molar-refractivity contribution is 7.91. The molecule has 1 aliphatic rings. The molecule has 0 unspecified atom stereocenters. The number of amides is 1. The van der Waals surface area contributed by atoms with Crippen molar-refractivity contribution in [2.24, 2.45) is 0 Å². The van der Waals surface area contributed by atoms with Crippen molar-refractivity contribution in [1.29, 1.82) is 0 Å². The summed E-state index contributed by atoms with van der Waals surface area (Å²) in [6.07, 6.45) is 0.428. The summed E-state index contributed by atoms with van der Waals surface area (Å²) in [5, 5.41) is 0.885. The summed E-state index contributed by atoms with van der Waals surface area (Å²) in [5.41, 5.74) is 2.28. The minimum absolute atomic E-state index is 0.0258. The SMILES string of the molecule is COc1cccc(CN(C(=O)c2oc3ccccc3c2C)[C@@H]2CCS(=O)(=O)C2)c1. The minimum atomic E-state index is -3.15. The van der Waals surface area contributed by atoms with E-state index in [0.717, 1.165) is 16.5 Å². The Balaban J connectivity index is 1.72. The van der Waals surface area contributed by atoms with Crippen LogP contribution in [0.5, 0.6) is 5.75 Å². The predicted molar refractivity (Wildman–Crippen MR) is 111 cm³/mol. The molecule has 6 nitrogen and oxygen atoms in total. The van der Waals surface area contributed by atoms with Gasteiger partial charge in [-0.15, -0.1) is 0 Å². The molecule has 29 heavy (non-hydrogen) atoms. The van der Waals surface area contributed by atoms with E-state index in [1.807, 2.05) is 55.5 Å². The average Bonchev–Trinajstić information content (AvgIpc) is 3.25. The zero-order valence-electron chi connectivity index (χ0n) is 16.4. The molecule has 0 spiro atoms. The summed E-state index contributed by atoms with van der Waals surface area (Å²) < 4.78 is 35.3. The van der Waals surface area contributed by atoms with Crippen LogP contribution in [0.25, 0.3) is 11.0 Å². The van der Waals surface area contributed by atoms with Crippen LogP contribution in [0.3, 0.4) is 0 Å². The Bertz CT molecular complexity index is 1160. The molecule has 152 valence electrons. The third-order valence-corrected chi connectivity index (χ3v) is 7.19. The van der Waals surface area contributed by atoms with Gasteiger partial charge in [0.05, 0.1) is 18.6 Å². The molecule has 1 atom stereocenters. The van der Waals surface area contributed by atoms with Gasteiger partial charge in [0.1, 0.15) is 11.3 Å². The number of carbonyl (C=O) groups excluding carboxylic acids is 1. The molecule has 1 aromatic heterocycles. The smallest absolute Gasteiger partial charge is 0.290 e. The van der Waals surface area contributed by atoms with Crippen molar-refractivity contribution < 1.29 is 22.4 Å². The van der Waals surface area contributed by atoms with Crippen molar-refractivity contribution in [2.75, 3.05) is 18.6 Å². The number of benzene rings is 2. The Labute approximate surface area is 170 Å². The predicted octanol–water partition coefficient (Wildman–Crippen LogP) is 3.58. The largest absolute Gasteiger partial charge is 0.497 e. The van der Waals surface area contributed by atoms with Crippen molar-refractivity contribution in [3.63, 3.8) is 0 Å². The van der Waals surface area contributed by atoms with E-state index >= 15 is 0 Å². The van der Waals surface area contributed by atoms with Crippen LogP contribution in [0.1, 0.15) is 28.1 Å². The standard InChI is InChI=1S/C22H23NO5S/c1-15-19-8-3-4-9-20(19)28-21(15)22(24)23(17-10-11-29(25,26)14-17)13-16-6-5-7-18(12-16)27-2/h3-9,12,17H,10-11,13-14H2,1-2H3/t17-/m1/s1. The average molecular weight is 413 g/mol. The summed E-state index contributed by atoms with van der Waals surface area (Å²) in [7, 11) is -1.56. The van der Waals surface area contributed by atoms with Crippen molar-refractivity contribution >= 4 is 26.7 Å². The molecule has 0 aliphatic carbocycles. The first-order valence-electron chi connectivity index (χ1n) is 9.50. The number of carbonyl (C=O) groups is 1. The number of ether oxygens (including phenoxy) is 1. The van der Waals surface area contributed by atoms with Crippen LogP contribution in [-0.4, -0.2) is 43.9 Å². The molecule has 0 saturated carbocycles. The van der Waals surface area contributed by atoms with Crippen LogP contribution in [0.15, 0.2) is 52.9 Å². The van der Waals surface area contributed by atoms with Gasteiger partial charge in [-0.25, -0.2) is 8.42 Å². The van der Waals surface area contributed by atoms with E-state index in [1.54, 1.807) is 12.0 Å². The zero-order valence-corrected chi connectivity index (χ0v) is 17.2. The lowest BCUT2D eigenvalue weighted by Crippen LogP contribution is -2.40. The van der Waals surface area contributed by atoms with E-state index in [9.17, 15) is 13.2 Å².